The molecule has 29 heavy (non-hydrogen) atoms. The van der Waals surface area contributed by atoms with E-state index in [0.717, 1.165) is 22.1 Å². The van der Waals surface area contributed by atoms with Crippen LogP contribution < -0.4 is 4.74 Å². The number of phenolic OH excluding ortho intramolecular Hbond substituents is 1. The molecule has 1 amide bonds. The van der Waals surface area contributed by atoms with Gasteiger partial charge in [0.05, 0.1) is 6.54 Å². The second-order valence-electron chi connectivity index (χ2n) is 6.80. The van der Waals surface area contributed by atoms with Crippen molar-refractivity contribution in [1.82, 2.24) is 14.9 Å². The van der Waals surface area contributed by atoms with Gasteiger partial charge in [0.1, 0.15) is 18.6 Å². The standard InChI is InChI=1S/C22H17N3O3S/c26-19-10-14(17-12-29-20-4-2-1-3-16(17)20)9-15-11-25(7-8-28-21(15)19)22(27)18-5-6-23-13-24-18/h1-6,9-10,12-13,26H,7-8,11H2. The first-order valence-corrected chi connectivity index (χ1v) is 10.1. The summed E-state index contributed by atoms with van der Waals surface area (Å²) in [5.74, 6) is 0.338. The zero-order valence-corrected chi connectivity index (χ0v) is 16.2. The Balaban J connectivity index is 1.54. The van der Waals surface area contributed by atoms with Crippen LogP contribution in [0.25, 0.3) is 21.2 Å². The predicted octanol–water partition coefficient (Wildman–Crippen LogP) is 4.10. The lowest BCUT2D eigenvalue weighted by Crippen LogP contribution is -2.33. The molecular weight excluding hydrogens is 386 g/mol. The minimum absolute atomic E-state index is 0.0871. The minimum atomic E-state index is -0.185. The Morgan fingerprint density at radius 3 is 2.97 bits per heavy atom. The third-order valence-corrected chi connectivity index (χ3v) is 5.96. The highest BCUT2D eigenvalue weighted by Crippen LogP contribution is 2.41. The maximum atomic E-state index is 12.9. The van der Waals surface area contributed by atoms with Crippen molar-refractivity contribution in [3.05, 3.63) is 71.6 Å². The molecule has 0 saturated heterocycles. The third kappa shape index (κ3) is 3.19. The number of hydrogen-bond donors (Lipinski definition) is 1. The number of aromatic nitrogens is 2. The summed E-state index contributed by atoms with van der Waals surface area (Å²) in [5, 5.41) is 13.9. The van der Waals surface area contributed by atoms with Crippen LogP contribution in [0.1, 0.15) is 16.1 Å². The van der Waals surface area contributed by atoms with E-state index in [4.69, 9.17) is 4.74 Å². The van der Waals surface area contributed by atoms with Gasteiger partial charge in [-0.1, -0.05) is 18.2 Å². The highest BCUT2D eigenvalue weighted by Gasteiger charge is 2.24. The summed E-state index contributed by atoms with van der Waals surface area (Å²) in [6.45, 7) is 1.05. The summed E-state index contributed by atoms with van der Waals surface area (Å²) in [6.07, 6.45) is 2.91. The Morgan fingerprint density at radius 2 is 2.10 bits per heavy atom. The fourth-order valence-corrected chi connectivity index (χ4v) is 4.58. The zero-order chi connectivity index (χ0) is 19.8. The summed E-state index contributed by atoms with van der Waals surface area (Å²) in [7, 11) is 0. The van der Waals surface area contributed by atoms with E-state index >= 15 is 0 Å². The Kier molecular flexibility index (Phi) is 4.37. The molecule has 144 valence electrons. The maximum absolute atomic E-state index is 12.9. The van der Waals surface area contributed by atoms with E-state index in [9.17, 15) is 9.90 Å². The Hall–Kier alpha value is -3.45. The van der Waals surface area contributed by atoms with E-state index in [2.05, 4.69) is 27.5 Å². The molecule has 0 aliphatic carbocycles. The van der Waals surface area contributed by atoms with Gasteiger partial charge in [0.25, 0.3) is 5.91 Å². The fraction of sp³-hybridized carbons (Fsp3) is 0.136. The molecule has 7 heteroatoms. The van der Waals surface area contributed by atoms with Crippen molar-refractivity contribution >= 4 is 27.3 Å². The van der Waals surface area contributed by atoms with Gasteiger partial charge in [0, 0.05) is 34.0 Å². The Bertz CT molecular complexity index is 1210. The molecule has 4 aromatic rings. The molecule has 2 aromatic carbocycles. The van der Waals surface area contributed by atoms with E-state index in [1.54, 1.807) is 34.6 Å². The molecule has 6 nitrogen and oxygen atoms in total. The van der Waals surface area contributed by atoms with E-state index in [-0.39, 0.29) is 11.7 Å². The lowest BCUT2D eigenvalue weighted by Gasteiger charge is -2.19. The monoisotopic (exact) mass is 403 g/mol. The molecule has 0 atom stereocenters. The molecule has 1 N–H and O–H groups in total. The summed E-state index contributed by atoms with van der Waals surface area (Å²) in [5.41, 5.74) is 3.07. The number of hydrogen-bond acceptors (Lipinski definition) is 6. The molecule has 1 aliphatic heterocycles. The molecule has 0 unspecified atom stereocenters. The van der Waals surface area contributed by atoms with Gasteiger partial charge in [0.15, 0.2) is 11.5 Å². The fourth-order valence-electron chi connectivity index (χ4n) is 3.61. The highest BCUT2D eigenvalue weighted by atomic mass is 32.1. The Morgan fingerprint density at radius 1 is 1.21 bits per heavy atom. The molecule has 3 heterocycles. The van der Waals surface area contributed by atoms with Crippen LogP contribution in [0.3, 0.4) is 0 Å². The second-order valence-corrected chi connectivity index (χ2v) is 7.71. The SMILES string of the molecule is O=C(c1ccncn1)N1CCOc2c(O)cc(-c3csc4ccccc34)cc2C1. The summed E-state index contributed by atoms with van der Waals surface area (Å²) in [6, 6.07) is 13.5. The van der Waals surface area contributed by atoms with Crippen molar-refractivity contribution in [1.29, 1.82) is 0 Å². The van der Waals surface area contributed by atoms with Gasteiger partial charge in [-0.25, -0.2) is 9.97 Å². The number of rotatable bonds is 2. The molecule has 0 radical (unpaired) electrons. The second kappa shape index (κ2) is 7.18. The van der Waals surface area contributed by atoms with E-state index in [1.165, 1.54) is 11.0 Å². The maximum Gasteiger partial charge on any atom is 0.272 e. The van der Waals surface area contributed by atoms with Crippen molar-refractivity contribution in [3.63, 3.8) is 0 Å². The zero-order valence-electron chi connectivity index (χ0n) is 15.4. The molecule has 0 saturated carbocycles. The average Bonchev–Trinajstić information content (AvgIpc) is 3.06. The molecule has 0 bridgehead atoms. The number of carbonyl (C=O) groups excluding carboxylic acids is 1. The quantitative estimate of drug-likeness (QED) is 0.545. The van der Waals surface area contributed by atoms with Crippen LogP contribution in [-0.4, -0.2) is 39.0 Å². The van der Waals surface area contributed by atoms with Gasteiger partial charge in [-0.3, -0.25) is 4.79 Å². The largest absolute Gasteiger partial charge is 0.504 e. The smallest absolute Gasteiger partial charge is 0.272 e. The third-order valence-electron chi connectivity index (χ3n) is 5.00. The van der Waals surface area contributed by atoms with E-state index in [0.29, 0.717) is 31.1 Å². The normalized spacial score (nSPS) is 13.6. The molecule has 1 aliphatic rings. The first-order valence-electron chi connectivity index (χ1n) is 9.21. The van der Waals surface area contributed by atoms with Gasteiger partial charge in [-0.05, 0) is 35.2 Å². The number of carbonyl (C=O) groups is 1. The number of aromatic hydroxyl groups is 1. The van der Waals surface area contributed by atoms with Crippen molar-refractivity contribution in [2.45, 2.75) is 6.54 Å². The number of ether oxygens (including phenoxy) is 1. The summed E-state index contributed by atoms with van der Waals surface area (Å²) >= 11 is 1.67. The van der Waals surface area contributed by atoms with Crippen LogP contribution >= 0.6 is 11.3 Å². The number of thiophene rings is 1. The lowest BCUT2D eigenvalue weighted by atomic mass is 10.0. The van der Waals surface area contributed by atoms with Crippen molar-refractivity contribution in [3.8, 4) is 22.6 Å². The molecular formula is C22H17N3O3S. The summed E-state index contributed by atoms with van der Waals surface area (Å²) in [4.78, 5) is 22.5. The van der Waals surface area contributed by atoms with Gasteiger partial charge < -0.3 is 14.7 Å². The van der Waals surface area contributed by atoms with Gasteiger partial charge in [-0.2, -0.15) is 0 Å². The van der Waals surface area contributed by atoms with Gasteiger partial charge >= 0.3 is 0 Å². The van der Waals surface area contributed by atoms with Crippen LogP contribution in [0.2, 0.25) is 0 Å². The Labute approximate surface area is 171 Å². The highest BCUT2D eigenvalue weighted by molar-refractivity contribution is 7.17. The van der Waals surface area contributed by atoms with Crippen molar-refractivity contribution < 1.29 is 14.6 Å². The molecule has 0 fully saturated rings. The van der Waals surface area contributed by atoms with Crippen molar-refractivity contribution in [2.75, 3.05) is 13.2 Å². The van der Waals surface area contributed by atoms with E-state index in [1.807, 2.05) is 18.2 Å². The number of benzene rings is 2. The van der Waals surface area contributed by atoms with Crippen LogP contribution in [0.5, 0.6) is 11.5 Å². The number of phenols is 1. The van der Waals surface area contributed by atoms with E-state index < -0.39 is 0 Å². The molecule has 5 rings (SSSR count). The van der Waals surface area contributed by atoms with Gasteiger partial charge in [-0.15, -0.1) is 11.3 Å². The minimum Gasteiger partial charge on any atom is -0.504 e. The average molecular weight is 403 g/mol. The molecule has 2 aromatic heterocycles. The summed E-state index contributed by atoms with van der Waals surface area (Å²) < 4.78 is 6.97. The van der Waals surface area contributed by atoms with Gasteiger partial charge in [0.2, 0.25) is 0 Å². The van der Waals surface area contributed by atoms with Crippen LogP contribution in [-0.2, 0) is 6.54 Å². The number of fused-ring (bicyclic) bond motifs is 2. The molecule has 0 spiro atoms. The van der Waals surface area contributed by atoms with Crippen LogP contribution in [0, 0.1) is 0 Å². The number of nitrogens with zero attached hydrogens (tertiary/aromatic N) is 3. The predicted molar refractivity (Wildman–Crippen MR) is 111 cm³/mol. The lowest BCUT2D eigenvalue weighted by molar-refractivity contribution is 0.0727. The number of amides is 1. The van der Waals surface area contributed by atoms with Crippen LogP contribution in [0.15, 0.2) is 60.4 Å². The topological polar surface area (TPSA) is 75.6 Å². The van der Waals surface area contributed by atoms with Crippen LogP contribution in [0.4, 0.5) is 0 Å². The first-order chi connectivity index (χ1) is 14.2. The van der Waals surface area contributed by atoms with Crippen molar-refractivity contribution in [2.24, 2.45) is 0 Å². The first kappa shape index (κ1) is 17.6.